The Kier molecular flexibility index (Phi) is 5.08. The number of hydrogen-bond donors (Lipinski definition) is 1. The molecule has 7 nitrogen and oxygen atoms in total. The van der Waals surface area contributed by atoms with Gasteiger partial charge in [0.1, 0.15) is 5.82 Å². The molecule has 0 atom stereocenters. The number of halogens is 1. The van der Waals surface area contributed by atoms with E-state index in [0.29, 0.717) is 31.9 Å². The normalized spacial score (nSPS) is 15.2. The zero-order valence-corrected chi connectivity index (χ0v) is 13.9. The van der Waals surface area contributed by atoms with E-state index in [0.717, 1.165) is 0 Å². The van der Waals surface area contributed by atoms with E-state index in [1.807, 2.05) is 4.90 Å². The van der Waals surface area contributed by atoms with Crippen LogP contribution in [-0.4, -0.2) is 59.5 Å². The third kappa shape index (κ3) is 4.21. The van der Waals surface area contributed by atoms with Crippen LogP contribution in [0.1, 0.15) is 16.2 Å². The number of carbonyl (C=O) groups is 2. The third-order valence-electron chi connectivity index (χ3n) is 4.01. The van der Waals surface area contributed by atoms with Gasteiger partial charge in [0.2, 0.25) is 11.7 Å². The molecule has 2 amide bonds. The average Bonchev–Trinajstić information content (AvgIpc) is 3.03. The number of anilines is 1. The highest BCUT2D eigenvalue weighted by atomic mass is 19.1. The minimum Gasteiger partial charge on any atom is -0.351 e. The molecule has 25 heavy (non-hydrogen) atoms. The van der Waals surface area contributed by atoms with Gasteiger partial charge in [0.25, 0.3) is 5.91 Å². The van der Waals surface area contributed by atoms with E-state index in [1.165, 1.54) is 12.1 Å². The molecule has 0 bridgehead atoms. The topological polar surface area (TPSA) is 78.7 Å². The van der Waals surface area contributed by atoms with Crippen molar-refractivity contribution in [2.75, 3.05) is 38.0 Å². The van der Waals surface area contributed by atoms with Gasteiger partial charge in [-0.15, -0.1) is 0 Å². The van der Waals surface area contributed by atoms with Gasteiger partial charge in [-0.3, -0.25) is 14.5 Å². The number of aryl methyl sites for hydroxylation is 1. The maximum absolute atomic E-state index is 13.5. The second-order valence-corrected chi connectivity index (χ2v) is 5.93. The van der Waals surface area contributed by atoms with Crippen LogP contribution in [0.4, 0.5) is 10.1 Å². The first-order chi connectivity index (χ1) is 12.0. The molecule has 132 valence electrons. The Balaban J connectivity index is 1.48. The highest BCUT2D eigenvalue weighted by Crippen LogP contribution is 2.13. The predicted octanol–water partition coefficient (Wildman–Crippen LogP) is 1.52. The molecule has 1 fully saturated rings. The predicted molar refractivity (Wildman–Crippen MR) is 88.6 cm³/mol. The van der Waals surface area contributed by atoms with Crippen molar-refractivity contribution < 1.29 is 18.5 Å². The fourth-order valence-electron chi connectivity index (χ4n) is 2.68. The molecule has 2 aromatic rings. The lowest BCUT2D eigenvalue weighted by atomic mass is 10.2. The van der Waals surface area contributed by atoms with Crippen molar-refractivity contribution in [1.82, 2.24) is 15.0 Å². The Bertz CT molecular complexity index is 769. The zero-order chi connectivity index (χ0) is 17.8. The van der Waals surface area contributed by atoms with Crippen molar-refractivity contribution in [2.45, 2.75) is 6.92 Å². The molecule has 0 aliphatic carbocycles. The van der Waals surface area contributed by atoms with Crippen molar-refractivity contribution in [1.29, 1.82) is 0 Å². The lowest BCUT2D eigenvalue weighted by molar-refractivity contribution is -0.117. The molecular weight excluding hydrogens is 327 g/mol. The minimum atomic E-state index is -0.464. The Labute approximate surface area is 144 Å². The lowest BCUT2D eigenvalue weighted by Gasteiger charge is -2.33. The van der Waals surface area contributed by atoms with E-state index >= 15 is 0 Å². The van der Waals surface area contributed by atoms with Crippen LogP contribution < -0.4 is 5.32 Å². The first-order valence-corrected chi connectivity index (χ1v) is 8.02. The van der Waals surface area contributed by atoms with Crippen LogP contribution in [0.15, 0.2) is 34.9 Å². The van der Waals surface area contributed by atoms with Gasteiger partial charge in [-0.2, -0.15) is 0 Å². The molecule has 0 unspecified atom stereocenters. The van der Waals surface area contributed by atoms with E-state index in [1.54, 1.807) is 30.0 Å². The van der Waals surface area contributed by atoms with Gasteiger partial charge in [0.15, 0.2) is 0 Å². The summed E-state index contributed by atoms with van der Waals surface area (Å²) in [6.07, 6.45) is 0. The number of benzene rings is 1. The van der Waals surface area contributed by atoms with Crippen molar-refractivity contribution in [3.63, 3.8) is 0 Å². The molecule has 2 heterocycles. The Morgan fingerprint density at radius 3 is 2.60 bits per heavy atom. The molecule has 8 heteroatoms. The zero-order valence-electron chi connectivity index (χ0n) is 13.9. The molecule has 1 aliphatic heterocycles. The summed E-state index contributed by atoms with van der Waals surface area (Å²) in [5.74, 6) is -0.719. The molecule has 1 saturated heterocycles. The number of rotatable bonds is 4. The molecule has 1 aromatic carbocycles. The van der Waals surface area contributed by atoms with Gasteiger partial charge < -0.3 is 14.7 Å². The summed E-state index contributed by atoms with van der Waals surface area (Å²) >= 11 is 0. The molecule has 0 radical (unpaired) electrons. The van der Waals surface area contributed by atoms with Crippen LogP contribution in [0.2, 0.25) is 0 Å². The van der Waals surface area contributed by atoms with Gasteiger partial charge in [0.05, 0.1) is 17.9 Å². The van der Waals surface area contributed by atoms with E-state index < -0.39 is 5.82 Å². The third-order valence-corrected chi connectivity index (χ3v) is 4.01. The maximum Gasteiger partial charge on any atom is 0.292 e. The summed E-state index contributed by atoms with van der Waals surface area (Å²) in [7, 11) is 0. The first kappa shape index (κ1) is 17.1. The number of aromatic nitrogens is 1. The second-order valence-electron chi connectivity index (χ2n) is 5.93. The lowest BCUT2D eigenvalue weighted by Crippen LogP contribution is -2.50. The molecule has 1 aromatic heterocycles. The fraction of sp³-hybridized carbons (Fsp3) is 0.353. The summed E-state index contributed by atoms with van der Waals surface area (Å²) in [6, 6.07) is 7.65. The fourth-order valence-corrected chi connectivity index (χ4v) is 2.68. The van der Waals surface area contributed by atoms with Crippen molar-refractivity contribution >= 4 is 17.5 Å². The largest absolute Gasteiger partial charge is 0.351 e. The van der Waals surface area contributed by atoms with Crippen LogP contribution in [0, 0.1) is 12.7 Å². The first-order valence-electron chi connectivity index (χ1n) is 8.02. The Morgan fingerprint density at radius 1 is 1.24 bits per heavy atom. The number of piperazine rings is 1. The number of para-hydroxylation sites is 1. The number of amides is 2. The van der Waals surface area contributed by atoms with Crippen molar-refractivity contribution in [3.8, 4) is 0 Å². The summed E-state index contributed by atoms with van der Waals surface area (Å²) in [6.45, 7) is 4.01. The quantitative estimate of drug-likeness (QED) is 0.908. The molecule has 1 N–H and O–H groups in total. The summed E-state index contributed by atoms with van der Waals surface area (Å²) in [5, 5.41) is 6.28. The smallest absolute Gasteiger partial charge is 0.292 e. The SMILES string of the molecule is Cc1cc(C(=O)N2CCN(CC(=O)Nc3ccccc3F)CC2)on1. The second kappa shape index (κ2) is 7.43. The summed E-state index contributed by atoms with van der Waals surface area (Å²) in [4.78, 5) is 27.9. The maximum atomic E-state index is 13.5. The molecular formula is C17H19FN4O3. The van der Waals surface area contributed by atoms with Crippen molar-refractivity contribution in [3.05, 3.63) is 47.6 Å². The highest BCUT2D eigenvalue weighted by molar-refractivity contribution is 5.93. The number of nitrogens with zero attached hydrogens (tertiary/aromatic N) is 3. The highest BCUT2D eigenvalue weighted by Gasteiger charge is 2.25. The van der Waals surface area contributed by atoms with Crippen LogP contribution in [0.3, 0.4) is 0 Å². The molecule has 0 spiro atoms. The van der Waals surface area contributed by atoms with Gasteiger partial charge in [-0.25, -0.2) is 4.39 Å². The molecule has 0 saturated carbocycles. The molecule has 3 rings (SSSR count). The monoisotopic (exact) mass is 346 g/mol. The van der Waals surface area contributed by atoms with E-state index in [9.17, 15) is 14.0 Å². The van der Waals surface area contributed by atoms with Crippen LogP contribution in [0.5, 0.6) is 0 Å². The standard InChI is InChI=1S/C17H19FN4O3/c1-12-10-15(25-20-12)17(24)22-8-6-21(7-9-22)11-16(23)19-14-5-3-2-4-13(14)18/h2-5,10H,6-9,11H2,1H3,(H,19,23). The van der Waals surface area contributed by atoms with Crippen molar-refractivity contribution in [2.24, 2.45) is 0 Å². The van der Waals surface area contributed by atoms with Gasteiger partial charge >= 0.3 is 0 Å². The van der Waals surface area contributed by atoms with Crippen LogP contribution in [-0.2, 0) is 4.79 Å². The molecule has 1 aliphatic rings. The minimum absolute atomic E-state index is 0.151. The van der Waals surface area contributed by atoms with Crippen LogP contribution >= 0.6 is 0 Å². The summed E-state index contributed by atoms with van der Waals surface area (Å²) < 4.78 is 18.5. The Morgan fingerprint density at radius 2 is 1.96 bits per heavy atom. The van der Waals surface area contributed by atoms with E-state index in [4.69, 9.17) is 4.52 Å². The van der Waals surface area contributed by atoms with Gasteiger partial charge in [-0.1, -0.05) is 17.3 Å². The Hall–Kier alpha value is -2.74. The van der Waals surface area contributed by atoms with Gasteiger partial charge in [-0.05, 0) is 19.1 Å². The van der Waals surface area contributed by atoms with Gasteiger partial charge in [0, 0.05) is 32.2 Å². The number of carbonyl (C=O) groups excluding carboxylic acids is 2. The average molecular weight is 346 g/mol. The summed E-state index contributed by atoms with van der Waals surface area (Å²) in [5.41, 5.74) is 0.828. The van der Waals surface area contributed by atoms with E-state index in [2.05, 4.69) is 10.5 Å². The van der Waals surface area contributed by atoms with E-state index in [-0.39, 0.29) is 29.8 Å². The number of hydrogen-bond acceptors (Lipinski definition) is 5. The number of nitrogens with one attached hydrogen (secondary N) is 1. The van der Waals surface area contributed by atoms with Crippen LogP contribution in [0.25, 0.3) is 0 Å².